The number of benzene rings is 1. The minimum Gasteiger partial charge on any atom is -0.497 e. The van der Waals surface area contributed by atoms with Gasteiger partial charge in [-0.3, -0.25) is 0 Å². The van der Waals surface area contributed by atoms with Crippen LogP contribution in [0.4, 0.5) is 0 Å². The molecule has 1 rings (SSSR count). The quantitative estimate of drug-likeness (QED) is 0.832. The molecule has 13 heavy (non-hydrogen) atoms. The first-order valence-corrected chi connectivity index (χ1v) is 5.38. The zero-order chi connectivity index (χ0) is 9.19. The van der Waals surface area contributed by atoms with Crippen LogP contribution in [0.3, 0.4) is 0 Å². The SMILES string of the molecule is COc1cccc(S(C)(=N)=O)c1.Cl. The van der Waals surface area contributed by atoms with Crippen LogP contribution in [0.2, 0.25) is 0 Å². The first kappa shape index (κ1) is 12.3. The van der Waals surface area contributed by atoms with Crippen molar-refractivity contribution in [2.45, 2.75) is 4.90 Å². The summed E-state index contributed by atoms with van der Waals surface area (Å²) in [4.78, 5) is 0.502. The molecule has 3 nitrogen and oxygen atoms in total. The van der Waals surface area contributed by atoms with Crippen LogP contribution < -0.4 is 4.74 Å². The van der Waals surface area contributed by atoms with Gasteiger partial charge in [0.25, 0.3) is 0 Å². The van der Waals surface area contributed by atoms with Gasteiger partial charge in [-0.25, -0.2) is 8.99 Å². The highest BCUT2D eigenvalue weighted by molar-refractivity contribution is 7.91. The Balaban J connectivity index is 0.00000144. The fraction of sp³-hybridized carbons (Fsp3) is 0.250. The number of hydrogen-bond donors (Lipinski definition) is 1. The molecule has 1 N–H and O–H groups in total. The molecule has 0 spiro atoms. The van der Waals surface area contributed by atoms with Crippen LogP contribution in [0, 0.1) is 4.78 Å². The Morgan fingerprint density at radius 1 is 1.46 bits per heavy atom. The minimum absolute atomic E-state index is 0. The van der Waals surface area contributed by atoms with Crippen LogP contribution in [0.5, 0.6) is 5.75 Å². The molecule has 0 aliphatic rings. The third-order valence-corrected chi connectivity index (χ3v) is 2.64. The zero-order valence-electron chi connectivity index (χ0n) is 7.44. The van der Waals surface area contributed by atoms with Crippen LogP contribution in [0.15, 0.2) is 29.2 Å². The van der Waals surface area contributed by atoms with E-state index >= 15 is 0 Å². The topological polar surface area (TPSA) is 50.1 Å². The van der Waals surface area contributed by atoms with Crippen molar-refractivity contribution < 1.29 is 8.95 Å². The summed E-state index contributed by atoms with van der Waals surface area (Å²) in [6.45, 7) is 0. The van der Waals surface area contributed by atoms with Gasteiger partial charge in [0.05, 0.1) is 21.7 Å². The predicted octanol–water partition coefficient (Wildman–Crippen LogP) is 2.15. The smallest absolute Gasteiger partial charge is 0.120 e. The van der Waals surface area contributed by atoms with Crippen molar-refractivity contribution in [3.8, 4) is 5.75 Å². The Bertz CT molecular complexity index is 375. The van der Waals surface area contributed by atoms with Crippen LogP contribution in [-0.2, 0) is 9.73 Å². The third-order valence-electron chi connectivity index (χ3n) is 1.49. The molecular weight excluding hydrogens is 210 g/mol. The Hall–Kier alpha value is -0.740. The van der Waals surface area contributed by atoms with Gasteiger partial charge in [-0.05, 0) is 18.2 Å². The number of halogens is 1. The first-order chi connectivity index (χ1) is 5.54. The van der Waals surface area contributed by atoms with E-state index in [4.69, 9.17) is 9.52 Å². The molecule has 0 saturated heterocycles. The van der Waals surface area contributed by atoms with E-state index in [1.807, 2.05) is 0 Å². The van der Waals surface area contributed by atoms with Gasteiger partial charge in [-0.15, -0.1) is 12.4 Å². The summed E-state index contributed by atoms with van der Waals surface area (Å²) in [5.41, 5.74) is 0. The Labute approximate surface area is 84.5 Å². The molecule has 0 amide bonds. The highest BCUT2D eigenvalue weighted by atomic mass is 35.5. The number of rotatable bonds is 2. The van der Waals surface area contributed by atoms with Gasteiger partial charge >= 0.3 is 0 Å². The molecule has 0 fully saturated rings. The summed E-state index contributed by atoms with van der Waals surface area (Å²) in [6.07, 6.45) is 1.39. The van der Waals surface area contributed by atoms with Crippen molar-refractivity contribution in [1.82, 2.24) is 0 Å². The lowest BCUT2D eigenvalue weighted by Gasteiger charge is -2.03. The molecule has 74 valence electrons. The second-order valence-corrected chi connectivity index (χ2v) is 4.68. The predicted molar refractivity (Wildman–Crippen MR) is 55.3 cm³/mol. The van der Waals surface area contributed by atoms with E-state index in [1.54, 1.807) is 31.4 Å². The van der Waals surface area contributed by atoms with Gasteiger partial charge in [0.1, 0.15) is 5.75 Å². The molecule has 1 aromatic rings. The van der Waals surface area contributed by atoms with Crippen molar-refractivity contribution in [2.75, 3.05) is 13.4 Å². The molecule has 0 heterocycles. The maximum atomic E-state index is 11.3. The average Bonchev–Trinajstić information content (AvgIpc) is 2.03. The molecule has 5 heteroatoms. The second kappa shape index (κ2) is 4.48. The van der Waals surface area contributed by atoms with Crippen molar-refractivity contribution in [3.63, 3.8) is 0 Å². The van der Waals surface area contributed by atoms with E-state index in [0.29, 0.717) is 10.6 Å². The van der Waals surface area contributed by atoms with Gasteiger partial charge in [-0.1, -0.05) is 6.07 Å². The Kier molecular flexibility index (Phi) is 4.23. The largest absolute Gasteiger partial charge is 0.497 e. The highest BCUT2D eigenvalue weighted by Gasteiger charge is 2.02. The first-order valence-electron chi connectivity index (χ1n) is 3.42. The van der Waals surface area contributed by atoms with E-state index in [9.17, 15) is 4.21 Å². The van der Waals surface area contributed by atoms with Crippen molar-refractivity contribution >= 4 is 22.1 Å². The highest BCUT2D eigenvalue weighted by Crippen LogP contribution is 2.16. The molecule has 0 aliphatic carbocycles. The van der Waals surface area contributed by atoms with Crippen LogP contribution >= 0.6 is 12.4 Å². The lowest BCUT2D eigenvalue weighted by Crippen LogP contribution is -1.94. The Morgan fingerprint density at radius 3 is 2.54 bits per heavy atom. The summed E-state index contributed by atoms with van der Waals surface area (Å²) in [7, 11) is -1.07. The number of nitrogens with one attached hydrogen (secondary N) is 1. The number of hydrogen-bond acceptors (Lipinski definition) is 3. The molecule has 0 radical (unpaired) electrons. The average molecular weight is 222 g/mol. The van der Waals surface area contributed by atoms with Gasteiger partial charge in [0, 0.05) is 6.26 Å². The summed E-state index contributed by atoms with van der Waals surface area (Å²) < 4.78 is 23.5. The van der Waals surface area contributed by atoms with Crippen LogP contribution in [0.1, 0.15) is 0 Å². The fourth-order valence-corrected chi connectivity index (χ4v) is 1.52. The van der Waals surface area contributed by atoms with Crippen molar-refractivity contribution in [2.24, 2.45) is 0 Å². The maximum absolute atomic E-state index is 11.3. The summed E-state index contributed by atoms with van der Waals surface area (Å²) in [5, 5.41) is 0. The fourth-order valence-electron chi connectivity index (χ4n) is 0.843. The number of methoxy groups -OCH3 is 1. The van der Waals surface area contributed by atoms with E-state index in [2.05, 4.69) is 0 Å². The lowest BCUT2D eigenvalue weighted by atomic mass is 10.3. The van der Waals surface area contributed by atoms with Crippen LogP contribution in [0.25, 0.3) is 0 Å². The molecule has 0 saturated carbocycles. The molecule has 0 aliphatic heterocycles. The van der Waals surface area contributed by atoms with E-state index in [1.165, 1.54) is 6.26 Å². The van der Waals surface area contributed by atoms with Gasteiger partial charge in [0.15, 0.2) is 0 Å². The van der Waals surface area contributed by atoms with Crippen LogP contribution in [-0.4, -0.2) is 17.6 Å². The summed E-state index contributed by atoms with van der Waals surface area (Å²) in [6, 6.07) is 6.77. The van der Waals surface area contributed by atoms with E-state index in [-0.39, 0.29) is 12.4 Å². The van der Waals surface area contributed by atoms with E-state index < -0.39 is 9.73 Å². The second-order valence-electron chi connectivity index (χ2n) is 2.52. The summed E-state index contributed by atoms with van der Waals surface area (Å²) >= 11 is 0. The summed E-state index contributed by atoms with van der Waals surface area (Å²) in [5.74, 6) is 0.634. The van der Waals surface area contributed by atoms with Crippen molar-refractivity contribution in [3.05, 3.63) is 24.3 Å². The normalized spacial score (nSPS) is 14.0. The molecule has 1 atom stereocenters. The van der Waals surface area contributed by atoms with Gasteiger partial charge in [0.2, 0.25) is 0 Å². The van der Waals surface area contributed by atoms with Crippen molar-refractivity contribution in [1.29, 1.82) is 4.78 Å². The van der Waals surface area contributed by atoms with E-state index in [0.717, 1.165) is 0 Å². The Morgan fingerprint density at radius 2 is 2.08 bits per heavy atom. The maximum Gasteiger partial charge on any atom is 0.120 e. The van der Waals surface area contributed by atoms with Gasteiger partial charge in [-0.2, -0.15) is 0 Å². The lowest BCUT2D eigenvalue weighted by molar-refractivity contribution is 0.413. The third kappa shape index (κ3) is 3.24. The van der Waals surface area contributed by atoms with Gasteiger partial charge < -0.3 is 4.74 Å². The zero-order valence-corrected chi connectivity index (χ0v) is 9.08. The minimum atomic E-state index is -2.62. The molecule has 1 unspecified atom stereocenters. The standard InChI is InChI=1S/C8H11NO2S.ClH/c1-11-7-4-3-5-8(6-7)12(2,9)10;/h3-6,9H,1-2H3;1H. The molecule has 0 aromatic heterocycles. The molecule has 1 aromatic carbocycles. The number of ether oxygens (including phenoxy) is 1. The monoisotopic (exact) mass is 221 g/mol. The molecule has 0 bridgehead atoms. The molecular formula is C8H12ClNO2S.